The van der Waals surface area contributed by atoms with Crippen LogP contribution in [0.5, 0.6) is 5.75 Å². The third kappa shape index (κ3) is 24.5. The van der Waals surface area contributed by atoms with Gasteiger partial charge in [0.05, 0.1) is 12.6 Å². The zero-order valence-electron chi connectivity index (χ0n) is 53.2. The molecule has 2 aromatic carbocycles. The molecule has 5 rings (SSSR count). The van der Waals surface area contributed by atoms with Gasteiger partial charge in [0.2, 0.25) is 59.1 Å². The van der Waals surface area contributed by atoms with Crippen LogP contribution in [0.4, 0.5) is 0 Å². The highest BCUT2D eigenvalue weighted by atomic mass is 33.1. The quantitative estimate of drug-likeness (QED) is 0.0181. The summed E-state index contributed by atoms with van der Waals surface area (Å²) in [7, 11) is 1.95. The molecule has 95 heavy (non-hydrogen) atoms. The van der Waals surface area contributed by atoms with Crippen molar-refractivity contribution in [1.29, 1.82) is 0 Å². The second-order valence-electron chi connectivity index (χ2n) is 23.6. The minimum Gasteiger partial charge on any atom is -0.508 e. The molecule has 10 amide bonds. The lowest BCUT2D eigenvalue weighted by atomic mass is 9.99. The van der Waals surface area contributed by atoms with E-state index >= 15 is 4.79 Å². The van der Waals surface area contributed by atoms with Gasteiger partial charge in [-0.25, -0.2) is 4.79 Å². The molecule has 2 saturated heterocycles. The lowest BCUT2D eigenvalue weighted by molar-refractivity contribution is -0.144. The number of fused-ring (bicyclic) bond motifs is 2. The Morgan fingerprint density at radius 3 is 1.96 bits per heavy atom. The molecule has 0 bridgehead atoms. The molecular weight excluding hydrogens is 1280 g/mol. The van der Waals surface area contributed by atoms with E-state index in [1.807, 2.05) is 0 Å². The number of aliphatic imine (C=N–C) groups is 2. The Kier molecular flexibility index (Phi) is 30.1. The van der Waals surface area contributed by atoms with Crippen molar-refractivity contribution >= 4 is 115 Å². The van der Waals surface area contributed by atoms with Crippen molar-refractivity contribution in [1.82, 2.24) is 57.7 Å². The molecule has 1 aromatic heterocycles. The van der Waals surface area contributed by atoms with Crippen LogP contribution in [0.3, 0.4) is 0 Å². The van der Waals surface area contributed by atoms with E-state index in [1.165, 1.54) is 43.0 Å². The number of nitrogens with two attached hydrogens (primary N) is 5. The Balaban J connectivity index is 1.57. The lowest BCUT2D eigenvalue weighted by Gasteiger charge is -2.31. The van der Waals surface area contributed by atoms with Crippen molar-refractivity contribution in [3.05, 3.63) is 65.9 Å². The number of H-pyrrole nitrogens is 1. The summed E-state index contributed by atoms with van der Waals surface area (Å²) in [6.07, 6.45) is 0.322. The van der Waals surface area contributed by atoms with Gasteiger partial charge in [-0.3, -0.25) is 62.7 Å². The maximum absolute atomic E-state index is 15.1. The van der Waals surface area contributed by atoms with Crippen molar-refractivity contribution in [3.8, 4) is 5.75 Å². The van der Waals surface area contributed by atoms with Crippen LogP contribution in [0, 0.1) is 11.8 Å². The maximum atomic E-state index is 15.1. The second kappa shape index (κ2) is 37.5. The Bertz CT molecular complexity index is 3270. The van der Waals surface area contributed by atoms with Gasteiger partial charge in [0.25, 0.3) is 0 Å². The summed E-state index contributed by atoms with van der Waals surface area (Å²) in [6, 6.07) is -1.72. The molecule has 2 fully saturated rings. The molecule has 0 unspecified atom stereocenters. The molecule has 0 spiro atoms. The first kappa shape index (κ1) is 76.3. The lowest BCUT2D eigenvalue weighted by Crippen LogP contribution is -2.61. The molecule has 520 valence electrons. The number of benzene rings is 2. The van der Waals surface area contributed by atoms with Crippen molar-refractivity contribution in [3.63, 3.8) is 0 Å². The number of rotatable bonds is 24. The number of carbonyl (C=O) groups is 12. The summed E-state index contributed by atoms with van der Waals surface area (Å²) in [5.74, 6) is -13.9. The Labute approximate surface area is 555 Å². The zero-order valence-corrected chi connectivity index (χ0v) is 54.9. The number of carbonyl (C=O) groups excluding carboxylic acids is 10. The monoisotopic (exact) mass is 1360 g/mol. The Morgan fingerprint density at radius 1 is 0.705 bits per heavy atom. The average molecular weight is 1370 g/mol. The predicted octanol–water partition coefficient (Wildman–Crippen LogP) is -3.26. The summed E-state index contributed by atoms with van der Waals surface area (Å²) in [5.41, 5.74) is 30.2. The number of aliphatic carboxylic acids is 2. The third-order valence-electron chi connectivity index (χ3n) is 15.5. The molecule has 23 N–H and O–H groups in total. The van der Waals surface area contributed by atoms with E-state index in [4.69, 9.17) is 28.7 Å². The van der Waals surface area contributed by atoms with Gasteiger partial charge in [-0.15, -0.1) is 0 Å². The zero-order chi connectivity index (χ0) is 70.1. The molecule has 3 heterocycles. The number of hydrogen-bond donors (Lipinski definition) is 18. The van der Waals surface area contributed by atoms with Crippen LogP contribution in [0.15, 0.2) is 64.7 Å². The Morgan fingerprint density at radius 2 is 1.33 bits per heavy atom. The van der Waals surface area contributed by atoms with Gasteiger partial charge in [0.15, 0.2) is 11.9 Å². The maximum Gasteiger partial charge on any atom is 0.326 e. The molecule has 3 aromatic rings. The number of aromatic nitrogens is 1. The van der Waals surface area contributed by atoms with E-state index in [9.17, 15) is 68.1 Å². The number of carboxylic acid groups (broad SMARTS) is 2. The number of para-hydroxylation sites is 1. The van der Waals surface area contributed by atoms with Gasteiger partial charge in [0.1, 0.15) is 60.1 Å². The average Bonchev–Trinajstić information content (AvgIpc) is 1.80. The third-order valence-corrected chi connectivity index (χ3v) is 17.9. The van der Waals surface area contributed by atoms with E-state index < -0.39 is 163 Å². The highest BCUT2D eigenvalue weighted by molar-refractivity contribution is 8.76. The largest absolute Gasteiger partial charge is 0.508 e. The van der Waals surface area contributed by atoms with Crippen molar-refractivity contribution in [2.45, 2.75) is 152 Å². The summed E-state index contributed by atoms with van der Waals surface area (Å²) in [6.45, 7) is 5.64. The highest BCUT2D eigenvalue weighted by Gasteiger charge is 2.41. The fraction of sp³-hybridized carbons (Fsp3) is 0.533. The number of carboxylic acids is 2. The molecule has 2 aliphatic heterocycles. The minimum atomic E-state index is -1.64. The van der Waals surface area contributed by atoms with Crippen LogP contribution in [0.25, 0.3) is 10.9 Å². The van der Waals surface area contributed by atoms with Gasteiger partial charge in [-0.1, -0.05) is 79.6 Å². The van der Waals surface area contributed by atoms with Crippen molar-refractivity contribution in [2.24, 2.45) is 50.5 Å². The number of phenolic OH excluding ortho intramolecular Hbond substituents is 1. The molecular formula is C60H88N18O15S2. The van der Waals surface area contributed by atoms with E-state index in [2.05, 4.69) is 62.8 Å². The van der Waals surface area contributed by atoms with E-state index in [1.54, 1.807) is 44.3 Å². The van der Waals surface area contributed by atoms with Crippen LogP contribution >= 0.6 is 21.6 Å². The number of nitrogens with zero attached hydrogens (tertiary/aromatic N) is 3. The van der Waals surface area contributed by atoms with Crippen molar-refractivity contribution in [2.75, 3.05) is 37.7 Å². The van der Waals surface area contributed by atoms with Crippen LogP contribution in [-0.4, -0.2) is 206 Å². The van der Waals surface area contributed by atoms with E-state index in [0.717, 1.165) is 21.6 Å². The van der Waals surface area contributed by atoms with Gasteiger partial charge in [0, 0.05) is 67.5 Å². The summed E-state index contributed by atoms with van der Waals surface area (Å²) >= 11 is 0. The fourth-order valence-corrected chi connectivity index (χ4v) is 12.6. The summed E-state index contributed by atoms with van der Waals surface area (Å²) < 4.78 is 0. The molecule has 0 saturated carbocycles. The number of aromatic hydroxyl groups is 1. The number of hydrogen-bond acceptors (Lipinski definition) is 18. The predicted molar refractivity (Wildman–Crippen MR) is 354 cm³/mol. The second-order valence-corrected chi connectivity index (χ2v) is 26.1. The number of amides is 10. The van der Waals surface area contributed by atoms with Crippen molar-refractivity contribution < 1.29 is 72.9 Å². The number of aromatic amines is 1. The van der Waals surface area contributed by atoms with E-state index in [0.29, 0.717) is 22.0 Å². The number of phenols is 1. The van der Waals surface area contributed by atoms with Crippen LogP contribution in [0.1, 0.15) is 90.2 Å². The van der Waals surface area contributed by atoms with Crippen LogP contribution < -0.4 is 76.5 Å². The summed E-state index contributed by atoms with van der Waals surface area (Å²) in [5, 5.41) is 53.7. The highest BCUT2D eigenvalue weighted by Crippen LogP contribution is 2.26. The van der Waals surface area contributed by atoms with Gasteiger partial charge in [-0.2, -0.15) is 0 Å². The first-order valence-electron chi connectivity index (χ1n) is 30.9. The fourth-order valence-electron chi connectivity index (χ4n) is 10.3. The molecule has 35 heteroatoms. The van der Waals surface area contributed by atoms with Gasteiger partial charge >= 0.3 is 11.9 Å². The van der Waals surface area contributed by atoms with Crippen LogP contribution in [0.2, 0.25) is 0 Å². The SMILES string of the molecule is CC(C)[C@@H](NC(=O)[C@@H](CCC(=O)O)NC(=O)[C@@H](Cc1c[nH]c2ccccc12)NC(=O)[C@@H]1CSSC[C@@H](N)C(=O)NCC(=O)N[C@@H](CCCN=C(N)N)C(=O)N[C@H](C(C)C)C(=O)N[C@@H](Cc2ccc(O)cc2)C(=O)N[C@H](CCCN=C(N)N)C(=O)N2CCC[C@H]2C(=O)N1)C(=O)O. The Hall–Kier alpha value is -9.38. The smallest absolute Gasteiger partial charge is 0.326 e. The normalized spacial score (nSPS) is 21.7. The van der Waals surface area contributed by atoms with E-state index in [-0.39, 0.29) is 100 Å². The molecule has 33 nitrogen and oxygen atoms in total. The topological polar surface area (TPSA) is 548 Å². The number of nitrogens with one attached hydrogen (secondary N) is 10. The number of guanidine groups is 2. The standard InChI is InChI=1S/C60H88N18O15S2/c1-30(2)47-56(90)74-41(24-32-15-17-34(79)18-16-32)52(86)72-40(13-8-22-67-60(64)65)57(91)78-23-9-14-44(78)55(89)75-43(29-95-94-28-36(61)49(83)69-27-45(80)70-38(50(84)76-47)12-7-21-66-59(62)63)54(88)73-42(25-33-26-68-37-11-6-5-10-35(33)37)53(87)71-39(19-20-46(81)82)51(85)77-48(31(3)4)58(92)93/h5-6,10-11,15-18,26,30-31,36,38-44,47-48,68,79H,7-9,12-14,19-25,27-29,61H2,1-4H3,(H,69,83)(H,70,80)(H,71,87)(H,72,86)(H,73,88)(H,74,90)(H,75,89)(H,76,84)(H,77,85)(H,81,82)(H,92,93)(H4,62,63,66)(H4,64,65,67)/t36-,38+,39-,40-,41+,42-,43+,44+,47-,48-/m1/s1. The molecule has 10 atom stereocenters. The molecule has 2 aliphatic rings. The summed E-state index contributed by atoms with van der Waals surface area (Å²) in [4.78, 5) is 180. The minimum absolute atomic E-state index is 0.00798. The van der Waals surface area contributed by atoms with Crippen LogP contribution in [-0.2, 0) is 70.4 Å². The first-order chi connectivity index (χ1) is 45.0. The van der Waals surface area contributed by atoms with Gasteiger partial charge in [-0.05, 0) is 86.1 Å². The molecule has 0 radical (unpaired) electrons. The first-order valence-corrected chi connectivity index (χ1v) is 33.4. The molecule has 0 aliphatic carbocycles. The van der Waals surface area contributed by atoms with Gasteiger partial charge < -0.3 is 102 Å².